The van der Waals surface area contributed by atoms with E-state index >= 15 is 0 Å². The Morgan fingerprint density at radius 2 is 1.25 bits per heavy atom. The summed E-state index contributed by atoms with van der Waals surface area (Å²) in [7, 11) is 4.48. The van der Waals surface area contributed by atoms with Crippen LogP contribution in [-0.2, 0) is 28.5 Å². The second kappa shape index (κ2) is 5.93. The van der Waals surface area contributed by atoms with Crippen molar-refractivity contribution >= 4 is 11.9 Å². The monoisotopic (exact) mass is 288 g/mol. The van der Waals surface area contributed by atoms with Crippen molar-refractivity contribution in [1.82, 2.24) is 0 Å². The van der Waals surface area contributed by atoms with E-state index in [1.807, 2.05) is 0 Å². The molecule has 0 saturated heterocycles. The van der Waals surface area contributed by atoms with Crippen LogP contribution in [0.4, 0.5) is 0 Å². The number of carbonyl (C=O) groups excluding carboxylic acids is 2. The van der Waals surface area contributed by atoms with E-state index < -0.39 is 29.2 Å². The SMILES string of the molecule is COC(=O)C1=C(O)C(OC)(OC)C(O)=C(C(=O)OC)C1. The first kappa shape index (κ1) is 16.0. The Morgan fingerprint density at radius 3 is 1.50 bits per heavy atom. The van der Waals surface area contributed by atoms with Gasteiger partial charge in [0.1, 0.15) is 0 Å². The van der Waals surface area contributed by atoms with E-state index in [1.54, 1.807) is 0 Å². The standard InChI is InChI=1S/C12H16O8/c1-17-10(15)6-5-7(11(16)18-2)9(14)12(19-3,20-4)8(6)13/h13-14H,5H2,1-4H3. The molecule has 8 nitrogen and oxygen atoms in total. The molecule has 1 rings (SSSR count). The van der Waals surface area contributed by atoms with Crippen LogP contribution < -0.4 is 0 Å². The van der Waals surface area contributed by atoms with Crippen LogP contribution in [0.5, 0.6) is 0 Å². The summed E-state index contributed by atoms with van der Waals surface area (Å²) < 4.78 is 18.9. The van der Waals surface area contributed by atoms with Crippen molar-refractivity contribution in [2.45, 2.75) is 12.2 Å². The molecule has 112 valence electrons. The molecule has 1 aliphatic carbocycles. The van der Waals surface area contributed by atoms with E-state index in [9.17, 15) is 19.8 Å². The molecule has 8 heteroatoms. The van der Waals surface area contributed by atoms with Gasteiger partial charge in [0.15, 0.2) is 11.5 Å². The van der Waals surface area contributed by atoms with Crippen LogP contribution >= 0.6 is 0 Å². The third kappa shape index (κ3) is 2.23. The average Bonchev–Trinajstić information content (AvgIpc) is 2.47. The van der Waals surface area contributed by atoms with Crippen molar-refractivity contribution in [2.75, 3.05) is 28.4 Å². The van der Waals surface area contributed by atoms with Crippen molar-refractivity contribution < 1.29 is 38.7 Å². The third-order valence-electron chi connectivity index (χ3n) is 2.99. The highest BCUT2D eigenvalue weighted by molar-refractivity contribution is 5.97. The average molecular weight is 288 g/mol. The number of methoxy groups -OCH3 is 4. The van der Waals surface area contributed by atoms with Gasteiger partial charge in [0, 0.05) is 20.6 Å². The molecule has 0 aromatic rings. The molecule has 0 bridgehead atoms. The maximum absolute atomic E-state index is 11.7. The Morgan fingerprint density at radius 1 is 0.900 bits per heavy atom. The molecule has 0 aliphatic heterocycles. The molecule has 20 heavy (non-hydrogen) atoms. The van der Waals surface area contributed by atoms with Crippen LogP contribution in [0.15, 0.2) is 22.7 Å². The molecule has 0 spiro atoms. The van der Waals surface area contributed by atoms with E-state index in [2.05, 4.69) is 9.47 Å². The van der Waals surface area contributed by atoms with Crippen molar-refractivity contribution in [3.05, 3.63) is 22.7 Å². The largest absolute Gasteiger partial charge is 0.506 e. The summed E-state index contributed by atoms with van der Waals surface area (Å²) in [5, 5.41) is 20.2. The number of rotatable bonds is 4. The summed E-state index contributed by atoms with van der Waals surface area (Å²) in [6, 6.07) is 0. The zero-order chi connectivity index (χ0) is 15.5. The molecule has 0 unspecified atom stereocenters. The molecule has 0 radical (unpaired) electrons. The van der Waals surface area contributed by atoms with Gasteiger partial charge in [-0.15, -0.1) is 0 Å². The molecule has 0 aromatic carbocycles. The van der Waals surface area contributed by atoms with Gasteiger partial charge in [-0.2, -0.15) is 0 Å². The number of aliphatic hydroxyl groups excluding tert-OH is 2. The maximum Gasteiger partial charge on any atom is 0.337 e. The second-order valence-electron chi connectivity index (χ2n) is 3.84. The Labute approximate surface area is 115 Å². The number of esters is 2. The summed E-state index contributed by atoms with van der Waals surface area (Å²) in [4.78, 5) is 23.3. The minimum absolute atomic E-state index is 0.269. The summed E-state index contributed by atoms with van der Waals surface area (Å²) >= 11 is 0. The number of aliphatic hydroxyl groups is 2. The predicted octanol–water partition coefficient (Wildman–Crippen LogP) is 0.349. The summed E-state index contributed by atoms with van der Waals surface area (Å²) in [6.07, 6.45) is -0.370. The third-order valence-corrected chi connectivity index (χ3v) is 2.99. The first-order valence-corrected chi connectivity index (χ1v) is 5.51. The maximum atomic E-state index is 11.7. The summed E-state index contributed by atoms with van der Waals surface area (Å²) in [5.74, 6) is -5.27. The minimum Gasteiger partial charge on any atom is -0.506 e. The van der Waals surface area contributed by atoms with Crippen molar-refractivity contribution in [3.8, 4) is 0 Å². The molecule has 0 saturated carbocycles. The van der Waals surface area contributed by atoms with E-state index in [0.717, 1.165) is 28.4 Å². The van der Waals surface area contributed by atoms with Crippen LogP contribution in [0.3, 0.4) is 0 Å². The second-order valence-corrected chi connectivity index (χ2v) is 3.84. The molecule has 1 aliphatic rings. The molecule has 0 atom stereocenters. The van der Waals surface area contributed by atoms with Crippen LogP contribution in [0, 0.1) is 0 Å². The quantitative estimate of drug-likeness (QED) is 0.563. The van der Waals surface area contributed by atoms with Gasteiger partial charge in [0.05, 0.1) is 25.4 Å². The van der Waals surface area contributed by atoms with Gasteiger partial charge in [-0.25, -0.2) is 9.59 Å². The minimum atomic E-state index is -2.15. The lowest BCUT2D eigenvalue weighted by atomic mass is 9.90. The molecular formula is C12H16O8. The van der Waals surface area contributed by atoms with Gasteiger partial charge in [-0.1, -0.05) is 0 Å². The van der Waals surface area contributed by atoms with E-state index in [-0.39, 0.29) is 17.6 Å². The number of carbonyl (C=O) groups is 2. The van der Waals surface area contributed by atoms with E-state index in [0.29, 0.717) is 0 Å². The topological polar surface area (TPSA) is 112 Å². The lowest BCUT2D eigenvalue weighted by molar-refractivity contribution is -0.193. The van der Waals surface area contributed by atoms with Gasteiger partial charge in [0.2, 0.25) is 0 Å². The lowest BCUT2D eigenvalue weighted by Crippen LogP contribution is -2.44. The van der Waals surface area contributed by atoms with Gasteiger partial charge in [-0.3, -0.25) is 0 Å². The van der Waals surface area contributed by atoms with Crippen LogP contribution in [-0.4, -0.2) is 56.4 Å². The summed E-state index contributed by atoms with van der Waals surface area (Å²) in [6.45, 7) is 0. The number of hydrogen-bond donors (Lipinski definition) is 2. The van der Waals surface area contributed by atoms with Gasteiger partial charge in [0.25, 0.3) is 5.79 Å². The molecule has 0 amide bonds. The van der Waals surface area contributed by atoms with Crippen molar-refractivity contribution in [1.29, 1.82) is 0 Å². The van der Waals surface area contributed by atoms with Crippen LogP contribution in [0.1, 0.15) is 6.42 Å². The molecular weight excluding hydrogens is 272 g/mol. The molecule has 0 heterocycles. The highest BCUT2D eigenvalue weighted by Gasteiger charge is 2.50. The van der Waals surface area contributed by atoms with Gasteiger partial charge < -0.3 is 29.2 Å². The fourth-order valence-corrected chi connectivity index (χ4v) is 1.91. The first-order chi connectivity index (χ1) is 9.39. The highest BCUT2D eigenvalue weighted by atomic mass is 16.7. The summed E-state index contributed by atoms with van der Waals surface area (Å²) in [5.41, 5.74) is -0.538. The molecule has 0 aromatic heterocycles. The zero-order valence-corrected chi connectivity index (χ0v) is 11.6. The van der Waals surface area contributed by atoms with Crippen LogP contribution in [0.25, 0.3) is 0 Å². The highest BCUT2D eigenvalue weighted by Crippen LogP contribution is 2.39. The van der Waals surface area contributed by atoms with Gasteiger partial charge >= 0.3 is 11.9 Å². The van der Waals surface area contributed by atoms with Crippen LogP contribution in [0.2, 0.25) is 0 Å². The Kier molecular flexibility index (Phi) is 4.74. The smallest absolute Gasteiger partial charge is 0.337 e. The van der Waals surface area contributed by atoms with Crippen molar-refractivity contribution in [2.24, 2.45) is 0 Å². The zero-order valence-electron chi connectivity index (χ0n) is 11.6. The molecule has 2 N–H and O–H groups in total. The van der Waals surface area contributed by atoms with E-state index in [1.165, 1.54) is 0 Å². The predicted molar refractivity (Wildman–Crippen MR) is 64.7 cm³/mol. The lowest BCUT2D eigenvalue weighted by Gasteiger charge is -2.34. The normalized spacial score (nSPS) is 18.0. The molecule has 0 fully saturated rings. The van der Waals surface area contributed by atoms with Gasteiger partial charge in [-0.05, 0) is 0 Å². The Balaban J connectivity index is 3.51. The first-order valence-electron chi connectivity index (χ1n) is 5.51. The number of hydrogen-bond acceptors (Lipinski definition) is 8. The fraction of sp³-hybridized carbons (Fsp3) is 0.500. The number of ether oxygens (including phenoxy) is 4. The fourth-order valence-electron chi connectivity index (χ4n) is 1.91. The van der Waals surface area contributed by atoms with E-state index in [4.69, 9.17) is 9.47 Å². The Hall–Kier alpha value is -2.06. The van der Waals surface area contributed by atoms with Crippen molar-refractivity contribution in [3.63, 3.8) is 0 Å². The Bertz CT molecular complexity index is 444.